The Morgan fingerprint density at radius 1 is 1.08 bits per heavy atom. The van der Waals surface area contributed by atoms with E-state index in [1.807, 2.05) is 12.3 Å². The molecule has 0 radical (unpaired) electrons. The first-order valence-electron chi connectivity index (χ1n) is 8.84. The Balaban J connectivity index is 1.55. The van der Waals surface area contributed by atoms with Crippen LogP contribution in [0.25, 0.3) is 0 Å². The summed E-state index contributed by atoms with van der Waals surface area (Å²) in [6.07, 6.45) is 2.89. The van der Waals surface area contributed by atoms with E-state index in [0.717, 1.165) is 56.5 Å². The second kappa shape index (κ2) is 7.71. The Labute approximate surface area is 144 Å². The van der Waals surface area contributed by atoms with Crippen LogP contribution in [-0.2, 0) is 6.42 Å². The van der Waals surface area contributed by atoms with Gasteiger partial charge in [-0.1, -0.05) is 19.9 Å². The highest BCUT2D eigenvalue weighted by atomic mass is 15.3. The van der Waals surface area contributed by atoms with Crippen LogP contribution in [0.15, 0.2) is 30.5 Å². The Morgan fingerprint density at radius 2 is 1.88 bits per heavy atom. The number of pyridine rings is 1. The molecule has 0 aliphatic carbocycles. The van der Waals surface area contributed by atoms with Gasteiger partial charge in [-0.15, -0.1) is 0 Å². The molecule has 2 aromatic rings. The summed E-state index contributed by atoms with van der Waals surface area (Å²) in [5.41, 5.74) is 2.23. The van der Waals surface area contributed by atoms with Crippen molar-refractivity contribution in [3.63, 3.8) is 0 Å². The molecule has 0 aromatic carbocycles. The van der Waals surface area contributed by atoms with Gasteiger partial charge in [-0.25, -0.2) is 9.97 Å². The van der Waals surface area contributed by atoms with E-state index in [1.165, 1.54) is 5.69 Å². The number of nitrogens with zero attached hydrogens (tertiary/aromatic N) is 5. The van der Waals surface area contributed by atoms with Gasteiger partial charge in [0.25, 0.3) is 0 Å². The van der Waals surface area contributed by atoms with E-state index < -0.39 is 0 Å². The molecule has 0 unspecified atom stereocenters. The molecule has 2 aromatic heterocycles. The van der Waals surface area contributed by atoms with Crippen LogP contribution in [0, 0.1) is 6.92 Å². The standard InChI is InChI=1S/C19H27N5/c1-15(2)19-21-16(3)14-18(22-19)24-12-10-23(11-13-24)9-7-17-6-4-5-8-20-17/h4-6,8,14-15H,7,9-13H2,1-3H3. The minimum Gasteiger partial charge on any atom is -0.354 e. The number of hydrogen-bond acceptors (Lipinski definition) is 5. The molecule has 5 heteroatoms. The fraction of sp³-hybridized carbons (Fsp3) is 0.526. The second-order valence-corrected chi connectivity index (χ2v) is 6.78. The summed E-state index contributed by atoms with van der Waals surface area (Å²) in [6, 6.07) is 8.24. The maximum absolute atomic E-state index is 4.76. The number of anilines is 1. The normalized spacial score (nSPS) is 15.9. The molecule has 0 N–H and O–H groups in total. The predicted molar refractivity (Wildman–Crippen MR) is 97.5 cm³/mol. The highest BCUT2D eigenvalue weighted by Crippen LogP contribution is 2.18. The lowest BCUT2D eigenvalue weighted by Gasteiger charge is -2.35. The van der Waals surface area contributed by atoms with E-state index in [2.05, 4.69) is 58.7 Å². The van der Waals surface area contributed by atoms with Gasteiger partial charge in [0.1, 0.15) is 11.6 Å². The summed E-state index contributed by atoms with van der Waals surface area (Å²) in [6.45, 7) is 11.6. The van der Waals surface area contributed by atoms with Crippen molar-refractivity contribution in [3.05, 3.63) is 47.7 Å². The molecule has 1 saturated heterocycles. The number of aromatic nitrogens is 3. The molecule has 0 spiro atoms. The van der Waals surface area contributed by atoms with Crippen LogP contribution in [0.4, 0.5) is 5.82 Å². The fourth-order valence-corrected chi connectivity index (χ4v) is 3.01. The van der Waals surface area contributed by atoms with Gasteiger partial charge in [-0.3, -0.25) is 9.88 Å². The van der Waals surface area contributed by atoms with Crippen molar-refractivity contribution in [2.45, 2.75) is 33.1 Å². The van der Waals surface area contributed by atoms with Crippen molar-refractivity contribution in [1.82, 2.24) is 19.9 Å². The molecule has 0 bridgehead atoms. The SMILES string of the molecule is Cc1cc(N2CCN(CCc3ccccn3)CC2)nc(C(C)C)n1. The molecule has 1 aliphatic heterocycles. The van der Waals surface area contributed by atoms with Gasteiger partial charge < -0.3 is 4.90 Å². The minimum absolute atomic E-state index is 0.364. The molecule has 0 atom stereocenters. The third-order valence-electron chi connectivity index (χ3n) is 4.48. The Kier molecular flexibility index (Phi) is 5.41. The van der Waals surface area contributed by atoms with Crippen molar-refractivity contribution in [2.24, 2.45) is 0 Å². The molecule has 0 saturated carbocycles. The molecule has 3 heterocycles. The topological polar surface area (TPSA) is 45.2 Å². The van der Waals surface area contributed by atoms with Gasteiger partial charge in [0, 0.05) is 68.7 Å². The lowest BCUT2D eigenvalue weighted by atomic mass is 10.2. The zero-order valence-electron chi connectivity index (χ0n) is 14.9. The number of hydrogen-bond donors (Lipinski definition) is 0. The highest BCUT2D eigenvalue weighted by Gasteiger charge is 2.19. The van der Waals surface area contributed by atoms with Crippen LogP contribution >= 0.6 is 0 Å². The lowest BCUT2D eigenvalue weighted by molar-refractivity contribution is 0.259. The first kappa shape index (κ1) is 16.8. The molecule has 3 rings (SSSR count). The van der Waals surface area contributed by atoms with E-state index >= 15 is 0 Å². The van der Waals surface area contributed by atoms with Crippen LogP contribution in [0.1, 0.15) is 37.0 Å². The molecule has 1 fully saturated rings. The zero-order chi connectivity index (χ0) is 16.9. The summed E-state index contributed by atoms with van der Waals surface area (Å²) in [5.74, 6) is 2.39. The average molecular weight is 325 g/mol. The third kappa shape index (κ3) is 4.29. The molecule has 24 heavy (non-hydrogen) atoms. The van der Waals surface area contributed by atoms with Gasteiger partial charge in [0.2, 0.25) is 0 Å². The van der Waals surface area contributed by atoms with Crippen LogP contribution in [0.3, 0.4) is 0 Å². The van der Waals surface area contributed by atoms with E-state index in [1.54, 1.807) is 0 Å². The van der Waals surface area contributed by atoms with Gasteiger partial charge in [0.05, 0.1) is 0 Å². The van der Waals surface area contributed by atoms with Crippen LogP contribution in [0.5, 0.6) is 0 Å². The van der Waals surface area contributed by atoms with Crippen molar-refractivity contribution in [3.8, 4) is 0 Å². The smallest absolute Gasteiger partial charge is 0.133 e. The number of rotatable bonds is 5. The summed E-state index contributed by atoms with van der Waals surface area (Å²) < 4.78 is 0. The molecule has 128 valence electrons. The third-order valence-corrected chi connectivity index (χ3v) is 4.48. The quantitative estimate of drug-likeness (QED) is 0.846. The largest absolute Gasteiger partial charge is 0.354 e. The fourth-order valence-electron chi connectivity index (χ4n) is 3.01. The summed E-state index contributed by atoms with van der Waals surface area (Å²) in [5, 5.41) is 0. The number of piperazine rings is 1. The van der Waals surface area contributed by atoms with Crippen molar-refractivity contribution in [1.29, 1.82) is 0 Å². The Hall–Kier alpha value is -2.01. The first-order chi connectivity index (χ1) is 11.6. The average Bonchev–Trinajstić information content (AvgIpc) is 2.61. The summed E-state index contributed by atoms with van der Waals surface area (Å²) >= 11 is 0. The lowest BCUT2D eigenvalue weighted by Crippen LogP contribution is -2.47. The molecular formula is C19H27N5. The van der Waals surface area contributed by atoms with Crippen LogP contribution in [-0.4, -0.2) is 52.6 Å². The number of aryl methyl sites for hydroxylation is 1. The molecular weight excluding hydrogens is 298 g/mol. The molecule has 0 amide bonds. The maximum Gasteiger partial charge on any atom is 0.133 e. The van der Waals surface area contributed by atoms with Gasteiger partial charge >= 0.3 is 0 Å². The van der Waals surface area contributed by atoms with Gasteiger partial charge in [0.15, 0.2) is 0 Å². The first-order valence-corrected chi connectivity index (χ1v) is 8.84. The zero-order valence-corrected chi connectivity index (χ0v) is 14.9. The van der Waals surface area contributed by atoms with Gasteiger partial charge in [-0.05, 0) is 19.1 Å². The second-order valence-electron chi connectivity index (χ2n) is 6.78. The van der Waals surface area contributed by atoms with E-state index in [4.69, 9.17) is 4.98 Å². The van der Waals surface area contributed by atoms with E-state index in [9.17, 15) is 0 Å². The Morgan fingerprint density at radius 3 is 2.54 bits per heavy atom. The maximum atomic E-state index is 4.76. The molecule has 5 nitrogen and oxygen atoms in total. The van der Waals surface area contributed by atoms with Crippen LogP contribution < -0.4 is 4.90 Å². The monoisotopic (exact) mass is 325 g/mol. The van der Waals surface area contributed by atoms with E-state index in [0.29, 0.717) is 5.92 Å². The molecule has 1 aliphatic rings. The summed E-state index contributed by atoms with van der Waals surface area (Å²) in [4.78, 5) is 18.6. The van der Waals surface area contributed by atoms with Crippen molar-refractivity contribution in [2.75, 3.05) is 37.6 Å². The summed E-state index contributed by atoms with van der Waals surface area (Å²) in [7, 11) is 0. The highest BCUT2D eigenvalue weighted by molar-refractivity contribution is 5.40. The van der Waals surface area contributed by atoms with Crippen molar-refractivity contribution >= 4 is 5.82 Å². The van der Waals surface area contributed by atoms with E-state index in [-0.39, 0.29) is 0 Å². The van der Waals surface area contributed by atoms with Crippen molar-refractivity contribution < 1.29 is 0 Å². The Bertz CT molecular complexity index is 648. The minimum atomic E-state index is 0.364. The predicted octanol–water partition coefficient (Wildman–Crippen LogP) is 2.67. The van der Waals surface area contributed by atoms with Gasteiger partial charge in [-0.2, -0.15) is 0 Å². The van der Waals surface area contributed by atoms with Crippen LogP contribution in [0.2, 0.25) is 0 Å².